The van der Waals surface area contributed by atoms with Crippen molar-refractivity contribution >= 4 is 5.78 Å². The zero-order chi connectivity index (χ0) is 13.7. The van der Waals surface area contributed by atoms with E-state index in [1.807, 2.05) is 30.3 Å². The van der Waals surface area contributed by atoms with E-state index in [0.717, 1.165) is 37.9 Å². The second-order valence-corrected chi connectivity index (χ2v) is 5.77. The minimum absolute atomic E-state index is 0.295. The van der Waals surface area contributed by atoms with E-state index in [2.05, 4.69) is 18.7 Å². The molecule has 0 aromatic heterocycles. The molecular formula is C17H25NO. The average molecular weight is 259 g/mol. The van der Waals surface area contributed by atoms with Crippen molar-refractivity contribution in [1.82, 2.24) is 4.90 Å². The topological polar surface area (TPSA) is 20.3 Å². The maximum absolute atomic E-state index is 12.9. The second-order valence-electron chi connectivity index (χ2n) is 5.77. The summed E-state index contributed by atoms with van der Waals surface area (Å²) in [6.45, 7) is 6.47. The molecule has 0 saturated carbocycles. The number of nitrogens with zero attached hydrogens (tertiary/aromatic N) is 1. The first-order valence-electron chi connectivity index (χ1n) is 7.53. The second kappa shape index (κ2) is 6.33. The fourth-order valence-electron chi connectivity index (χ4n) is 3.05. The maximum atomic E-state index is 12.9. The molecule has 1 fully saturated rings. The first-order valence-corrected chi connectivity index (χ1v) is 7.53. The van der Waals surface area contributed by atoms with Crippen LogP contribution in [-0.2, 0) is 0 Å². The molecule has 19 heavy (non-hydrogen) atoms. The van der Waals surface area contributed by atoms with E-state index in [-0.39, 0.29) is 5.54 Å². The Kier molecular flexibility index (Phi) is 4.76. The number of Topliss-reactive ketones (excluding diaryl/α,β-unsaturated/α-hetero) is 1. The van der Waals surface area contributed by atoms with Gasteiger partial charge in [-0.25, -0.2) is 0 Å². The van der Waals surface area contributed by atoms with E-state index in [9.17, 15) is 4.79 Å². The molecule has 104 valence electrons. The lowest BCUT2D eigenvalue weighted by molar-refractivity contribution is 0.0627. The Bertz CT molecular complexity index is 409. The van der Waals surface area contributed by atoms with Crippen LogP contribution in [0.5, 0.6) is 0 Å². The van der Waals surface area contributed by atoms with E-state index >= 15 is 0 Å². The lowest BCUT2D eigenvalue weighted by Gasteiger charge is -2.37. The zero-order valence-electron chi connectivity index (χ0n) is 12.2. The summed E-state index contributed by atoms with van der Waals surface area (Å²) < 4.78 is 0. The van der Waals surface area contributed by atoms with Gasteiger partial charge >= 0.3 is 0 Å². The predicted molar refractivity (Wildman–Crippen MR) is 79.5 cm³/mol. The van der Waals surface area contributed by atoms with Crippen molar-refractivity contribution in [2.45, 2.75) is 51.5 Å². The smallest absolute Gasteiger partial charge is 0.182 e. The highest BCUT2D eigenvalue weighted by molar-refractivity contribution is 6.03. The third kappa shape index (κ3) is 3.06. The van der Waals surface area contributed by atoms with Crippen molar-refractivity contribution in [2.75, 3.05) is 13.1 Å². The van der Waals surface area contributed by atoms with E-state index in [0.29, 0.717) is 5.78 Å². The summed E-state index contributed by atoms with van der Waals surface area (Å²) in [7, 11) is 0. The standard InChI is InChI=1S/C17H25NO/c1-3-4-12-17(2,18-13-8-9-14-18)16(19)15-10-6-5-7-11-15/h5-7,10-11H,3-4,8-9,12-14H2,1-2H3. The monoisotopic (exact) mass is 259 g/mol. The largest absolute Gasteiger partial charge is 0.292 e. The third-order valence-corrected chi connectivity index (χ3v) is 4.35. The molecule has 0 N–H and O–H groups in total. The van der Waals surface area contributed by atoms with Crippen LogP contribution in [0.2, 0.25) is 0 Å². The quantitative estimate of drug-likeness (QED) is 0.722. The first kappa shape index (κ1) is 14.3. The molecule has 0 amide bonds. The molecule has 0 aliphatic carbocycles. The number of hydrogen-bond acceptors (Lipinski definition) is 2. The Hall–Kier alpha value is -1.15. The molecule has 2 rings (SSSR count). The summed E-state index contributed by atoms with van der Waals surface area (Å²) in [5.41, 5.74) is 0.543. The summed E-state index contributed by atoms with van der Waals surface area (Å²) in [4.78, 5) is 15.3. The molecule has 1 heterocycles. The minimum atomic E-state index is -0.312. The number of hydrogen-bond donors (Lipinski definition) is 0. The fraction of sp³-hybridized carbons (Fsp3) is 0.588. The lowest BCUT2D eigenvalue weighted by Crippen LogP contribution is -2.51. The van der Waals surface area contributed by atoms with Crippen LogP contribution in [-0.4, -0.2) is 29.3 Å². The van der Waals surface area contributed by atoms with Crippen molar-refractivity contribution in [3.63, 3.8) is 0 Å². The van der Waals surface area contributed by atoms with Gasteiger partial charge in [-0.1, -0.05) is 50.1 Å². The Labute approximate surface area is 116 Å². The number of likely N-dealkylation sites (tertiary alicyclic amines) is 1. The molecule has 0 radical (unpaired) electrons. The van der Waals surface area contributed by atoms with Gasteiger partial charge in [-0.3, -0.25) is 9.69 Å². The highest BCUT2D eigenvalue weighted by Gasteiger charge is 2.39. The fourth-order valence-corrected chi connectivity index (χ4v) is 3.05. The molecule has 1 aliphatic rings. The summed E-state index contributed by atoms with van der Waals surface area (Å²) in [6.07, 6.45) is 5.68. The normalized spacial score (nSPS) is 19.3. The summed E-state index contributed by atoms with van der Waals surface area (Å²) in [5.74, 6) is 0.295. The number of carbonyl (C=O) groups excluding carboxylic acids is 1. The van der Waals surface area contributed by atoms with Gasteiger partial charge in [-0.05, 0) is 39.3 Å². The molecule has 1 aromatic rings. The van der Waals surface area contributed by atoms with Crippen molar-refractivity contribution in [2.24, 2.45) is 0 Å². The molecule has 1 atom stereocenters. The molecule has 2 heteroatoms. The van der Waals surface area contributed by atoms with E-state index in [1.54, 1.807) is 0 Å². The van der Waals surface area contributed by atoms with Gasteiger partial charge < -0.3 is 0 Å². The Morgan fingerprint density at radius 1 is 1.21 bits per heavy atom. The molecule has 1 aliphatic heterocycles. The van der Waals surface area contributed by atoms with Crippen LogP contribution in [0.25, 0.3) is 0 Å². The van der Waals surface area contributed by atoms with Gasteiger partial charge in [0.2, 0.25) is 0 Å². The summed E-state index contributed by atoms with van der Waals surface area (Å²) >= 11 is 0. The number of benzene rings is 1. The van der Waals surface area contributed by atoms with Crippen LogP contribution < -0.4 is 0 Å². The molecule has 0 bridgehead atoms. The van der Waals surface area contributed by atoms with Gasteiger partial charge in [0, 0.05) is 5.56 Å². The van der Waals surface area contributed by atoms with Gasteiger partial charge in [-0.15, -0.1) is 0 Å². The van der Waals surface area contributed by atoms with Crippen molar-refractivity contribution in [3.8, 4) is 0 Å². The maximum Gasteiger partial charge on any atom is 0.182 e. The number of carbonyl (C=O) groups is 1. The van der Waals surface area contributed by atoms with E-state index < -0.39 is 0 Å². The predicted octanol–water partition coefficient (Wildman–Crippen LogP) is 3.91. The average Bonchev–Trinajstić information content (AvgIpc) is 2.99. The number of unbranched alkanes of at least 4 members (excludes halogenated alkanes) is 1. The van der Waals surface area contributed by atoms with Crippen LogP contribution in [0.1, 0.15) is 56.3 Å². The van der Waals surface area contributed by atoms with Gasteiger partial charge in [0.05, 0.1) is 5.54 Å². The SMILES string of the molecule is CCCCC(C)(C(=O)c1ccccc1)N1CCCC1. The van der Waals surface area contributed by atoms with Crippen LogP contribution in [0.15, 0.2) is 30.3 Å². The van der Waals surface area contributed by atoms with Crippen LogP contribution in [0.4, 0.5) is 0 Å². The Morgan fingerprint density at radius 3 is 2.42 bits per heavy atom. The van der Waals surface area contributed by atoms with Crippen molar-refractivity contribution < 1.29 is 4.79 Å². The molecule has 0 spiro atoms. The highest BCUT2D eigenvalue weighted by atomic mass is 16.1. The summed E-state index contributed by atoms with van der Waals surface area (Å²) in [5, 5.41) is 0. The van der Waals surface area contributed by atoms with Crippen molar-refractivity contribution in [1.29, 1.82) is 0 Å². The minimum Gasteiger partial charge on any atom is -0.292 e. The first-order chi connectivity index (χ1) is 9.18. The van der Waals surface area contributed by atoms with E-state index in [4.69, 9.17) is 0 Å². The molecule has 1 saturated heterocycles. The van der Waals surface area contributed by atoms with Crippen LogP contribution in [0, 0.1) is 0 Å². The number of rotatable bonds is 6. The van der Waals surface area contributed by atoms with Crippen LogP contribution in [0.3, 0.4) is 0 Å². The Morgan fingerprint density at radius 2 is 1.84 bits per heavy atom. The molecular weight excluding hydrogens is 234 g/mol. The van der Waals surface area contributed by atoms with Crippen molar-refractivity contribution in [3.05, 3.63) is 35.9 Å². The lowest BCUT2D eigenvalue weighted by atomic mass is 9.85. The van der Waals surface area contributed by atoms with Gasteiger partial charge in [0.1, 0.15) is 0 Å². The number of ketones is 1. The zero-order valence-corrected chi connectivity index (χ0v) is 12.2. The van der Waals surface area contributed by atoms with Gasteiger partial charge in [0.25, 0.3) is 0 Å². The van der Waals surface area contributed by atoms with Crippen LogP contribution >= 0.6 is 0 Å². The molecule has 2 nitrogen and oxygen atoms in total. The highest BCUT2D eigenvalue weighted by Crippen LogP contribution is 2.30. The molecule has 1 aromatic carbocycles. The summed E-state index contributed by atoms with van der Waals surface area (Å²) in [6, 6.07) is 9.77. The van der Waals surface area contributed by atoms with Gasteiger partial charge in [-0.2, -0.15) is 0 Å². The third-order valence-electron chi connectivity index (χ3n) is 4.35. The van der Waals surface area contributed by atoms with E-state index in [1.165, 1.54) is 12.8 Å². The van der Waals surface area contributed by atoms with Gasteiger partial charge in [0.15, 0.2) is 5.78 Å². The molecule has 1 unspecified atom stereocenters. The Balaban J connectivity index is 2.23.